The van der Waals surface area contributed by atoms with Crippen LogP contribution in [0.2, 0.25) is 0 Å². The maximum Gasteiger partial charge on any atom is 0.136 e. The Morgan fingerprint density at radius 3 is 1.64 bits per heavy atom. The van der Waals surface area contributed by atoms with Gasteiger partial charge < -0.3 is 8.83 Å². The maximum absolute atomic E-state index is 6.51. The summed E-state index contributed by atoms with van der Waals surface area (Å²) in [7, 11) is 0. The summed E-state index contributed by atoms with van der Waals surface area (Å²) in [6.07, 6.45) is 1.95. The van der Waals surface area contributed by atoms with Gasteiger partial charge in [0.05, 0.1) is 6.26 Å². The van der Waals surface area contributed by atoms with Gasteiger partial charge in [-0.05, 0) is 66.9 Å². The Kier molecular flexibility index (Phi) is 4.75. The van der Waals surface area contributed by atoms with E-state index < -0.39 is 0 Å². The van der Waals surface area contributed by atoms with Gasteiger partial charge in [0.1, 0.15) is 16.7 Å². The van der Waals surface area contributed by atoms with E-state index in [0.29, 0.717) is 0 Å². The smallest absolute Gasteiger partial charge is 0.136 e. The maximum atomic E-state index is 6.51. The molecule has 10 aromatic rings. The highest BCUT2D eigenvalue weighted by Crippen LogP contribution is 2.50. The van der Waals surface area contributed by atoms with Crippen LogP contribution in [0.15, 0.2) is 155 Å². The Hall–Kier alpha value is -5.86. The van der Waals surface area contributed by atoms with Crippen molar-refractivity contribution in [2.24, 2.45) is 0 Å². The summed E-state index contributed by atoms with van der Waals surface area (Å²) in [6, 6.07) is 49.8. The van der Waals surface area contributed by atoms with Gasteiger partial charge in [0, 0.05) is 32.8 Å². The largest absolute Gasteiger partial charge is 0.464 e. The number of benzene rings is 8. The number of para-hydroxylation sites is 1. The Morgan fingerprint density at radius 1 is 0.341 bits per heavy atom. The molecular weight excluding hydrogens is 536 g/mol. The molecule has 0 saturated heterocycles. The highest BCUT2D eigenvalue weighted by atomic mass is 16.3. The predicted molar refractivity (Wildman–Crippen MR) is 184 cm³/mol. The average molecular weight is 561 g/mol. The second-order valence-corrected chi connectivity index (χ2v) is 11.6. The number of rotatable bonds is 2. The average Bonchev–Trinajstić information content (AvgIpc) is 3.68. The highest BCUT2D eigenvalue weighted by molar-refractivity contribution is 6.31. The molecule has 0 N–H and O–H groups in total. The van der Waals surface area contributed by atoms with E-state index in [1.165, 1.54) is 59.8 Å². The van der Waals surface area contributed by atoms with Crippen LogP contribution in [0.3, 0.4) is 0 Å². The Labute approximate surface area is 252 Å². The summed E-state index contributed by atoms with van der Waals surface area (Å²) in [4.78, 5) is 0. The molecule has 0 aliphatic heterocycles. The van der Waals surface area contributed by atoms with Gasteiger partial charge in [0.25, 0.3) is 0 Å². The molecule has 2 heteroatoms. The molecule has 0 aliphatic carbocycles. The van der Waals surface area contributed by atoms with Crippen molar-refractivity contribution < 1.29 is 8.83 Å². The van der Waals surface area contributed by atoms with Crippen LogP contribution in [0.1, 0.15) is 0 Å². The van der Waals surface area contributed by atoms with Crippen LogP contribution in [0, 0.1) is 0 Å². The number of furan rings is 2. The van der Waals surface area contributed by atoms with E-state index in [9.17, 15) is 0 Å². The molecule has 2 nitrogen and oxygen atoms in total. The summed E-state index contributed by atoms with van der Waals surface area (Å²) in [5.74, 6) is 0. The van der Waals surface area contributed by atoms with Crippen molar-refractivity contribution in [3.05, 3.63) is 146 Å². The molecule has 0 spiro atoms. The lowest BCUT2D eigenvalue weighted by atomic mass is 9.83. The fourth-order valence-corrected chi connectivity index (χ4v) is 7.49. The lowest BCUT2D eigenvalue weighted by Gasteiger charge is -2.19. The molecule has 0 unspecified atom stereocenters. The molecule has 0 bridgehead atoms. The van der Waals surface area contributed by atoms with Gasteiger partial charge in [-0.15, -0.1) is 0 Å². The quantitative estimate of drug-likeness (QED) is 0.197. The van der Waals surface area contributed by atoms with Crippen molar-refractivity contribution in [3.8, 4) is 22.3 Å². The number of hydrogen-bond donors (Lipinski definition) is 0. The van der Waals surface area contributed by atoms with E-state index in [-0.39, 0.29) is 0 Å². The first kappa shape index (κ1) is 23.7. The Bertz CT molecular complexity index is 2720. The zero-order chi connectivity index (χ0) is 28.8. The van der Waals surface area contributed by atoms with Crippen molar-refractivity contribution in [1.82, 2.24) is 0 Å². The van der Waals surface area contributed by atoms with Gasteiger partial charge in [-0.1, -0.05) is 121 Å². The van der Waals surface area contributed by atoms with E-state index >= 15 is 0 Å². The third kappa shape index (κ3) is 3.14. The minimum absolute atomic E-state index is 0.900. The van der Waals surface area contributed by atoms with Crippen LogP contribution >= 0.6 is 0 Å². The first-order chi connectivity index (χ1) is 21.8. The summed E-state index contributed by atoms with van der Waals surface area (Å²) in [5, 5.41) is 13.0. The van der Waals surface area contributed by atoms with Gasteiger partial charge in [-0.25, -0.2) is 0 Å². The molecule has 2 aromatic heterocycles. The van der Waals surface area contributed by atoms with E-state index in [1.807, 2.05) is 12.3 Å². The van der Waals surface area contributed by atoms with Crippen molar-refractivity contribution in [1.29, 1.82) is 0 Å². The number of hydrogen-bond acceptors (Lipinski definition) is 2. The van der Waals surface area contributed by atoms with Crippen LogP contribution in [-0.2, 0) is 0 Å². The highest BCUT2D eigenvalue weighted by Gasteiger charge is 2.24. The Balaban J connectivity index is 1.44. The molecule has 2 heterocycles. The second kappa shape index (κ2) is 8.82. The summed E-state index contributed by atoms with van der Waals surface area (Å²) in [6.45, 7) is 0. The van der Waals surface area contributed by atoms with Gasteiger partial charge in [-0.2, -0.15) is 0 Å². The van der Waals surface area contributed by atoms with E-state index in [1.54, 1.807) is 0 Å². The first-order valence-electron chi connectivity index (χ1n) is 15.0. The minimum Gasteiger partial charge on any atom is -0.464 e. The van der Waals surface area contributed by atoms with Crippen LogP contribution in [0.5, 0.6) is 0 Å². The molecule has 0 amide bonds. The molecule has 0 fully saturated rings. The molecule has 0 radical (unpaired) electrons. The van der Waals surface area contributed by atoms with Crippen LogP contribution in [0.4, 0.5) is 0 Å². The van der Waals surface area contributed by atoms with E-state index in [4.69, 9.17) is 8.83 Å². The zero-order valence-electron chi connectivity index (χ0n) is 23.7. The van der Waals surface area contributed by atoms with E-state index in [0.717, 1.165) is 38.5 Å². The third-order valence-corrected chi connectivity index (χ3v) is 9.30. The van der Waals surface area contributed by atoms with Crippen molar-refractivity contribution in [2.45, 2.75) is 0 Å². The summed E-state index contributed by atoms with van der Waals surface area (Å²) in [5.41, 5.74) is 7.47. The van der Waals surface area contributed by atoms with Crippen LogP contribution < -0.4 is 0 Å². The molecule has 204 valence electrons. The summed E-state index contributed by atoms with van der Waals surface area (Å²) >= 11 is 0. The third-order valence-electron chi connectivity index (χ3n) is 9.30. The van der Waals surface area contributed by atoms with Gasteiger partial charge in [0.2, 0.25) is 0 Å². The van der Waals surface area contributed by atoms with Crippen molar-refractivity contribution >= 4 is 76.0 Å². The summed E-state index contributed by atoms with van der Waals surface area (Å²) < 4.78 is 12.8. The Morgan fingerprint density at radius 2 is 0.909 bits per heavy atom. The molecular formula is C42H24O2. The molecule has 44 heavy (non-hydrogen) atoms. The van der Waals surface area contributed by atoms with Gasteiger partial charge >= 0.3 is 0 Å². The molecule has 10 rings (SSSR count). The van der Waals surface area contributed by atoms with Gasteiger partial charge in [0.15, 0.2) is 0 Å². The lowest BCUT2D eigenvalue weighted by Crippen LogP contribution is -1.92. The lowest BCUT2D eigenvalue weighted by molar-refractivity contribution is 0.617. The minimum atomic E-state index is 0.900. The SMILES string of the molecule is c1ccc2c(-c3c4ccccc4c(-c4coc5ccc6ccccc6c45)c4ccccc34)c3c(cc2c1)oc1ccccc13. The topological polar surface area (TPSA) is 26.3 Å². The fraction of sp³-hybridized carbons (Fsp3) is 0. The fourth-order valence-electron chi connectivity index (χ4n) is 7.49. The van der Waals surface area contributed by atoms with Crippen LogP contribution in [0.25, 0.3) is 98.3 Å². The van der Waals surface area contributed by atoms with E-state index in [2.05, 4.69) is 133 Å². The predicted octanol–water partition coefficient (Wildman–Crippen LogP) is 12.3. The monoisotopic (exact) mass is 560 g/mol. The zero-order valence-corrected chi connectivity index (χ0v) is 23.7. The van der Waals surface area contributed by atoms with Crippen molar-refractivity contribution in [2.75, 3.05) is 0 Å². The normalized spacial score (nSPS) is 12.1. The van der Waals surface area contributed by atoms with Gasteiger partial charge in [-0.3, -0.25) is 0 Å². The van der Waals surface area contributed by atoms with Crippen molar-refractivity contribution in [3.63, 3.8) is 0 Å². The van der Waals surface area contributed by atoms with Crippen LogP contribution in [-0.4, -0.2) is 0 Å². The molecule has 0 atom stereocenters. The first-order valence-corrected chi connectivity index (χ1v) is 15.0. The molecule has 0 saturated carbocycles. The molecule has 0 aliphatic rings. The second-order valence-electron chi connectivity index (χ2n) is 11.6. The number of fused-ring (bicyclic) bond motifs is 9. The standard InChI is InChI=1S/C42H24O2/c1-3-13-27-25(11-1)21-22-36-39(27)34(24-43-36)38-29-15-5-7-17-31(29)40(32-18-8-6-16-30(32)38)42-28-14-4-2-12-26(28)23-37-41(42)33-19-9-10-20-35(33)44-37/h1-24H. The molecule has 8 aromatic carbocycles.